The van der Waals surface area contributed by atoms with Crippen LogP contribution in [0.15, 0.2) is 23.2 Å². The molecule has 23 heavy (non-hydrogen) atoms. The number of sulfone groups is 1. The number of hydrogen-bond acceptors (Lipinski definition) is 7. The molecule has 2 aliphatic rings. The maximum Gasteiger partial charge on any atom is 0.164 e. The lowest BCUT2D eigenvalue weighted by molar-refractivity contribution is 0.403. The standard InChI is InChI=1S/C15H20N2O4S2/c1-4-22-15-16-11-8-23(18,19)9-13(11)17(15)12-7-10(20-2)5-6-14(12)21-3/h5-7,11,13H,4,8-9H2,1-3H3/t11-,13+/m1/s1. The zero-order valence-corrected chi connectivity index (χ0v) is 15.0. The van der Waals surface area contributed by atoms with Gasteiger partial charge in [0.15, 0.2) is 15.0 Å². The number of amidine groups is 1. The molecule has 0 radical (unpaired) electrons. The third kappa shape index (κ3) is 3.01. The fourth-order valence-corrected chi connectivity index (χ4v) is 5.71. The maximum atomic E-state index is 12.0. The zero-order valence-electron chi connectivity index (χ0n) is 13.4. The van der Waals surface area contributed by atoms with Crippen LogP contribution in [0, 0.1) is 0 Å². The second-order valence-electron chi connectivity index (χ2n) is 5.46. The summed E-state index contributed by atoms with van der Waals surface area (Å²) in [5.41, 5.74) is 0.802. The minimum absolute atomic E-state index is 0.119. The summed E-state index contributed by atoms with van der Waals surface area (Å²) in [5, 5.41) is 0.851. The molecule has 2 heterocycles. The van der Waals surface area contributed by atoms with Gasteiger partial charge in [0, 0.05) is 6.07 Å². The topological polar surface area (TPSA) is 68.2 Å². The van der Waals surface area contributed by atoms with Crippen LogP contribution in [0.2, 0.25) is 0 Å². The van der Waals surface area contributed by atoms with Crippen molar-refractivity contribution in [2.75, 3.05) is 36.4 Å². The first kappa shape index (κ1) is 16.4. The van der Waals surface area contributed by atoms with Crippen LogP contribution in [0.4, 0.5) is 5.69 Å². The summed E-state index contributed by atoms with van der Waals surface area (Å²) in [7, 11) is 0.160. The van der Waals surface area contributed by atoms with Gasteiger partial charge in [-0.25, -0.2) is 8.42 Å². The molecule has 0 aromatic heterocycles. The van der Waals surface area contributed by atoms with Crippen molar-refractivity contribution >= 4 is 32.5 Å². The van der Waals surface area contributed by atoms with Crippen molar-refractivity contribution < 1.29 is 17.9 Å². The lowest BCUT2D eigenvalue weighted by Crippen LogP contribution is -2.39. The third-order valence-corrected chi connectivity index (χ3v) is 6.57. The highest BCUT2D eigenvalue weighted by Crippen LogP contribution is 2.41. The van der Waals surface area contributed by atoms with E-state index in [-0.39, 0.29) is 23.6 Å². The van der Waals surface area contributed by atoms with Crippen molar-refractivity contribution in [3.05, 3.63) is 18.2 Å². The predicted molar refractivity (Wildman–Crippen MR) is 93.8 cm³/mol. The highest BCUT2D eigenvalue weighted by molar-refractivity contribution is 8.14. The fourth-order valence-electron chi connectivity index (χ4n) is 3.03. The quantitative estimate of drug-likeness (QED) is 0.819. The van der Waals surface area contributed by atoms with Crippen LogP contribution < -0.4 is 14.4 Å². The largest absolute Gasteiger partial charge is 0.497 e. The number of thioether (sulfide) groups is 1. The van der Waals surface area contributed by atoms with Crippen molar-refractivity contribution in [3.63, 3.8) is 0 Å². The zero-order chi connectivity index (χ0) is 16.6. The Hall–Kier alpha value is -1.41. The fraction of sp³-hybridized carbons (Fsp3) is 0.533. The SMILES string of the molecule is CCSC1=N[C@@H]2CS(=O)(=O)C[C@@H]2N1c1cc(OC)ccc1OC. The van der Waals surface area contributed by atoms with Gasteiger partial charge in [-0.1, -0.05) is 18.7 Å². The van der Waals surface area contributed by atoms with Gasteiger partial charge in [-0.2, -0.15) is 0 Å². The summed E-state index contributed by atoms with van der Waals surface area (Å²) in [5.74, 6) is 2.49. The summed E-state index contributed by atoms with van der Waals surface area (Å²) in [6.45, 7) is 2.05. The molecular weight excluding hydrogens is 336 g/mol. The van der Waals surface area contributed by atoms with E-state index in [4.69, 9.17) is 9.47 Å². The smallest absolute Gasteiger partial charge is 0.164 e. The molecule has 0 N–H and O–H groups in total. The van der Waals surface area contributed by atoms with E-state index < -0.39 is 9.84 Å². The van der Waals surface area contributed by atoms with Gasteiger partial charge in [0.25, 0.3) is 0 Å². The Bertz CT molecular complexity index is 733. The molecule has 8 heteroatoms. The molecule has 0 spiro atoms. The van der Waals surface area contributed by atoms with Crippen molar-refractivity contribution in [3.8, 4) is 11.5 Å². The molecule has 2 aliphatic heterocycles. The molecule has 1 fully saturated rings. The number of nitrogens with zero attached hydrogens (tertiary/aromatic N) is 2. The van der Waals surface area contributed by atoms with Gasteiger partial charge >= 0.3 is 0 Å². The van der Waals surface area contributed by atoms with Gasteiger partial charge in [0.1, 0.15) is 11.5 Å². The second-order valence-corrected chi connectivity index (χ2v) is 8.85. The van der Waals surface area contributed by atoms with Crippen molar-refractivity contribution in [1.82, 2.24) is 0 Å². The van der Waals surface area contributed by atoms with Crippen LogP contribution in [0.1, 0.15) is 6.92 Å². The molecule has 0 bridgehead atoms. The van der Waals surface area contributed by atoms with E-state index >= 15 is 0 Å². The van der Waals surface area contributed by atoms with Crippen LogP contribution in [0.5, 0.6) is 11.5 Å². The summed E-state index contributed by atoms with van der Waals surface area (Å²) in [6, 6.07) is 5.15. The van der Waals surface area contributed by atoms with Gasteiger partial charge in [-0.15, -0.1) is 0 Å². The number of fused-ring (bicyclic) bond motifs is 1. The monoisotopic (exact) mass is 356 g/mol. The van der Waals surface area contributed by atoms with E-state index in [1.165, 1.54) is 0 Å². The van der Waals surface area contributed by atoms with E-state index in [2.05, 4.69) is 11.9 Å². The van der Waals surface area contributed by atoms with Crippen LogP contribution in [-0.4, -0.2) is 57.1 Å². The van der Waals surface area contributed by atoms with Crippen molar-refractivity contribution in [2.24, 2.45) is 4.99 Å². The van der Waals surface area contributed by atoms with E-state index in [1.807, 2.05) is 23.1 Å². The van der Waals surface area contributed by atoms with Gasteiger partial charge < -0.3 is 14.4 Å². The normalized spacial score (nSPS) is 25.2. The molecule has 2 atom stereocenters. The Balaban J connectivity index is 2.07. The molecule has 6 nitrogen and oxygen atoms in total. The second kappa shape index (κ2) is 6.24. The number of ether oxygens (including phenoxy) is 2. The first-order chi connectivity index (χ1) is 11.0. The predicted octanol–water partition coefficient (Wildman–Crippen LogP) is 1.80. The Morgan fingerprint density at radius 2 is 2.09 bits per heavy atom. The lowest BCUT2D eigenvalue weighted by atomic mass is 10.1. The number of anilines is 1. The molecule has 126 valence electrons. The maximum absolute atomic E-state index is 12.0. The number of methoxy groups -OCH3 is 2. The molecule has 1 aromatic carbocycles. The van der Waals surface area contributed by atoms with Crippen molar-refractivity contribution in [2.45, 2.75) is 19.0 Å². The molecule has 1 saturated heterocycles. The summed E-state index contributed by atoms with van der Waals surface area (Å²) >= 11 is 1.62. The van der Waals surface area contributed by atoms with E-state index in [9.17, 15) is 8.42 Å². The Labute approximate surface area is 140 Å². The average molecular weight is 356 g/mol. The van der Waals surface area contributed by atoms with E-state index in [0.29, 0.717) is 11.5 Å². The third-order valence-electron chi connectivity index (χ3n) is 4.03. The highest BCUT2D eigenvalue weighted by atomic mass is 32.2. The van der Waals surface area contributed by atoms with Gasteiger partial charge in [-0.3, -0.25) is 4.99 Å². The summed E-state index contributed by atoms with van der Waals surface area (Å²) < 4.78 is 34.8. The van der Waals surface area contributed by atoms with Crippen LogP contribution in [-0.2, 0) is 9.84 Å². The molecule has 0 aliphatic carbocycles. The average Bonchev–Trinajstić information content (AvgIpc) is 2.98. The minimum Gasteiger partial charge on any atom is -0.497 e. The molecule has 1 aromatic rings. The minimum atomic E-state index is -3.05. The van der Waals surface area contributed by atoms with Crippen LogP contribution >= 0.6 is 11.8 Å². The molecule has 0 saturated carbocycles. The van der Waals surface area contributed by atoms with E-state index in [1.54, 1.807) is 26.0 Å². The molecule has 3 rings (SSSR count). The number of benzene rings is 1. The van der Waals surface area contributed by atoms with Gasteiger partial charge in [-0.05, 0) is 17.9 Å². The molecular formula is C15H20N2O4S2. The summed E-state index contributed by atoms with van der Waals surface area (Å²) in [6.07, 6.45) is 0. The Kier molecular flexibility index (Phi) is 4.46. The summed E-state index contributed by atoms with van der Waals surface area (Å²) in [4.78, 5) is 6.66. The number of aliphatic imine (C=N–C) groups is 1. The molecule has 0 amide bonds. The van der Waals surface area contributed by atoms with Crippen LogP contribution in [0.3, 0.4) is 0 Å². The van der Waals surface area contributed by atoms with Crippen LogP contribution in [0.25, 0.3) is 0 Å². The first-order valence-electron chi connectivity index (χ1n) is 7.41. The molecule has 0 unspecified atom stereocenters. The Morgan fingerprint density at radius 3 is 2.74 bits per heavy atom. The first-order valence-corrected chi connectivity index (χ1v) is 10.2. The lowest BCUT2D eigenvalue weighted by Gasteiger charge is -2.28. The number of hydrogen-bond donors (Lipinski definition) is 0. The van der Waals surface area contributed by atoms with E-state index in [0.717, 1.165) is 16.6 Å². The van der Waals surface area contributed by atoms with Gasteiger partial charge in [0.05, 0.1) is 43.5 Å². The van der Waals surface area contributed by atoms with Gasteiger partial charge in [0.2, 0.25) is 0 Å². The highest BCUT2D eigenvalue weighted by Gasteiger charge is 2.47. The van der Waals surface area contributed by atoms with Crippen molar-refractivity contribution in [1.29, 1.82) is 0 Å². The number of rotatable bonds is 4. The Morgan fingerprint density at radius 1 is 1.30 bits per heavy atom.